The lowest BCUT2D eigenvalue weighted by Gasteiger charge is -2.49. The molecule has 3 aromatic heterocycles. The molecule has 0 spiro atoms. The van der Waals surface area contributed by atoms with Gasteiger partial charge in [0.15, 0.2) is 17.9 Å². The van der Waals surface area contributed by atoms with Crippen LogP contribution in [-0.2, 0) is 5.41 Å². The highest BCUT2D eigenvalue weighted by Crippen LogP contribution is 2.60. The molecule has 0 fully saturated rings. The van der Waals surface area contributed by atoms with E-state index in [1.54, 1.807) is 18.6 Å². The lowest BCUT2D eigenvalue weighted by atomic mass is 9.54. The number of furan rings is 2. The number of nitrogens with zero attached hydrogens (tertiary/aromatic N) is 1. The first-order valence-electron chi connectivity index (χ1n) is 9.16. The van der Waals surface area contributed by atoms with E-state index >= 15 is 0 Å². The van der Waals surface area contributed by atoms with Gasteiger partial charge in [-0.1, -0.05) is 24.3 Å². The number of fused-ring (bicyclic) bond motifs is 1. The zero-order valence-electron chi connectivity index (χ0n) is 14.5. The number of rotatable bonds is 2. The third-order valence-corrected chi connectivity index (χ3v) is 6.38. The van der Waals surface area contributed by atoms with E-state index < -0.39 is 0 Å². The van der Waals surface area contributed by atoms with Gasteiger partial charge in [-0.25, -0.2) is 0 Å². The van der Waals surface area contributed by atoms with Crippen molar-refractivity contribution < 1.29 is 18.5 Å². The number of aromatic nitrogens is 1. The summed E-state index contributed by atoms with van der Waals surface area (Å²) in [5.74, 6) is 0.0104. The molecule has 0 N–H and O–H groups in total. The summed E-state index contributed by atoms with van der Waals surface area (Å²) in [5, 5.41) is 13.0. The van der Waals surface area contributed by atoms with Crippen LogP contribution in [0.1, 0.15) is 46.3 Å². The third-order valence-electron chi connectivity index (χ3n) is 6.38. The topological polar surface area (TPSA) is 53.2 Å². The first kappa shape index (κ1) is 14.9. The van der Waals surface area contributed by atoms with Crippen molar-refractivity contribution in [3.05, 3.63) is 108 Å². The van der Waals surface area contributed by atoms with Crippen LogP contribution in [0.3, 0.4) is 0 Å². The van der Waals surface area contributed by atoms with Gasteiger partial charge in [-0.3, -0.25) is 0 Å². The van der Waals surface area contributed by atoms with Gasteiger partial charge in [-0.05, 0) is 17.7 Å². The van der Waals surface area contributed by atoms with E-state index in [0.29, 0.717) is 0 Å². The Morgan fingerprint density at radius 3 is 2.41 bits per heavy atom. The van der Waals surface area contributed by atoms with Gasteiger partial charge in [0.05, 0.1) is 31.0 Å². The normalized spacial score (nSPS) is 21.6. The molecule has 4 nitrogen and oxygen atoms in total. The molecule has 1 aromatic carbocycles. The van der Waals surface area contributed by atoms with Crippen LogP contribution in [-0.4, -0.2) is 0 Å². The van der Waals surface area contributed by atoms with Crippen molar-refractivity contribution in [3.8, 4) is 5.75 Å². The molecule has 0 amide bonds. The maximum atomic E-state index is 13.0. The Morgan fingerprint density at radius 1 is 0.926 bits per heavy atom. The van der Waals surface area contributed by atoms with Crippen molar-refractivity contribution in [1.82, 2.24) is 0 Å². The summed E-state index contributed by atoms with van der Waals surface area (Å²) in [6.07, 6.45) is 10.0. The summed E-state index contributed by atoms with van der Waals surface area (Å²) in [6, 6.07) is 16.1. The average Bonchev–Trinajstić information content (AvgIpc) is 3.43. The van der Waals surface area contributed by atoms with Crippen molar-refractivity contribution >= 4 is 0 Å². The molecule has 0 saturated heterocycles. The van der Waals surface area contributed by atoms with Crippen molar-refractivity contribution in [2.75, 3.05) is 0 Å². The first-order valence-corrected chi connectivity index (χ1v) is 9.16. The molecule has 132 valence electrons. The van der Waals surface area contributed by atoms with Crippen LogP contribution in [0, 0.1) is 0 Å². The predicted molar refractivity (Wildman–Crippen MR) is 95.3 cm³/mol. The van der Waals surface area contributed by atoms with Gasteiger partial charge in [-0.2, -0.15) is 4.57 Å². The maximum absolute atomic E-state index is 13.0. The maximum Gasteiger partial charge on any atom is 0.190 e. The van der Waals surface area contributed by atoms with E-state index in [-0.39, 0.29) is 23.1 Å². The Hall–Kier alpha value is -3.27. The van der Waals surface area contributed by atoms with E-state index in [1.807, 2.05) is 30.7 Å². The summed E-state index contributed by atoms with van der Waals surface area (Å²) in [7, 11) is 0. The van der Waals surface area contributed by atoms with Crippen LogP contribution in [0.4, 0.5) is 0 Å². The Bertz CT molecular complexity index is 1090. The summed E-state index contributed by atoms with van der Waals surface area (Å²) in [6.45, 7) is 0. The standard InChI is InChI=1S/C23H17NO3/c25-20-6-3-4-17-19-12-23(15-7-10-26-13-15,16-8-11-27-14-16)22(21(17)20)18-5-1-2-9-24(18)19/h1-11,13-14,19,22H,12H2. The molecule has 0 radical (unpaired) electrons. The van der Waals surface area contributed by atoms with E-state index in [4.69, 9.17) is 8.83 Å². The number of hydrogen-bond acceptors (Lipinski definition) is 3. The molecule has 4 aromatic rings. The van der Waals surface area contributed by atoms with Crippen LogP contribution < -0.4 is 9.67 Å². The lowest BCUT2D eigenvalue weighted by molar-refractivity contribution is -0.732. The van der Waals surface area contributed by atoms with Crippen molar-refractivity contribution in [3.63, 3.8) is 0 Å². The van der Waals surface area contributed by atoms with Crippen LogP contribution >= 0.6 is 0 Å². The predicted octanol–water partition coefficient (Wildman–Crippen LogP) is 3.66. The van der Waals surface area contributed by atoms with Gasteiger partial charge >= 0.3 is 0 Å². The molecule has 2 atom stereocenters. The van der Waals surface area contributed by atoms with Gasteiger partial charge < -0.3 is 13.9 Å². The fourth-order valence-corrected chi connectivity index (χ4v) is 5.36. The lowest BCUT2D eigenvalue weighted by Crippen LogP contribution is -2.60. The largest absolute Gasteiger partial charge is 0.872 e. The summed E-state index contributed by atoms with van der Waals surface area (Å²) >= 11 is 0. The third kappa shape index (κ3) is 1.75. The number of benzene rings is 1. The molecule has 2 unspecified atom stereocenters. The summed E-state index contributed by atoms with van der Waals surface area (Å²) in [5.41, 5.74) is 4.98. The van der Waals surface area contributed by atoms with Gasteiger partial charge in [0, 0.05) is 40.7 Å². The molecule has 7 rings (SSSR count). The zero-order valence-corrected chi connectivity index (χ0v) is 14.5. The van der Waals surface area contributed by atoms with Crippen LogP contribution in [0.2, 0.25) is 0 Å². The van der Waals surface area contributed by atoms with E-state index in [0.717, 1.165) is 34.4 Å². The second kappa shape index (κ2) is 5.13. The Labute approximate surface area is 156 Å². The molecule has 4 heteroatoms. The molecule has 27 heavy (non-hydrogen) atoms. The van der Waals surface area contributed by atoms with Crippen LogP contribution in [0.5, 0.6) is 5.75 Å². The van der Waals surface area contributed by atoms with Gasteiger partial charge in [0.2, 0.25) is 0 Å². The molecule has 2 bridgehead atoms. The Balaban J connectivity index is 1.75. The summed E-state index contributed by atoms with van der Waals surface area (Å²) in [4.78, 5) is 0. The van der Waals surface area contributed by atoms with Crippen LogP contribution in [0.15, 0.2) is 88.6 Å². The fourth-order valence-electron chi connectivity index (χ4n) is 5.36. The number of hydrogen-bond donors (Lipinski definition) is 0. The minimum atomic E-state index is -0.389. The van der Waals surface area contributed by atoms with Crippen molar-refractivity contribution in [2.24, 2.45) is 0 Å². The second-order valence-corrected chi connectivity index (χ2v) is 7.44. The molecule has 1 aliphatic carbocycles. The SMILES string of the molecule is [O-]c1cccc2c1C1c3cccc[n+]3C2CC1(c1ccoc1)c1ccoc1. The monoisotopic (exact) mass is 355 g/mol. The quantitative estimate of drug-likeness (QED) is 0.516. The smallest absolute Gasteiger partial charge is 0.190 e. The second-order valence-electron chi connectivity index (χ2n) is 7.44. The molecule has 3 aliphatic rings. The highest BCUT2D eigenvalue weighted by molar-refractivity contribution is 5.57. The van der Waals surface area contributed by atoms with Crippen molar-refractivity contribution in [2.45, 2.75) is 23.8 Å². The first-order chi connectivity index (χ1) is 13.3. The molecule has 0 saturated carbocycles. The van der Waals surface area contributed by atoms with Crippen molar-refractivity contribution in [1.29, 1.82) is 0 Å². The van der Waals surface area contributed by atoms with E-state index in [2.05, 4.69) is 35.0 Å². The minimum Gasteiger partial charge on any atom is -0.872 e. The van der Waals surface area contributed by atoms with E-state index in [1.165, 1.54) is 0 Å². The van der Waals surface area contributed by atoms with E-state index in [9.17, 15) is 5.11 Å². The molecule has 5 heterocycles. The minimum absolute atomic E-state index is 0.0948. The molecular weight excluding hydrogens is 338 g/mol. The zero-order chi connectivity index (χ0) is 18.0. The van der Waals surface area contributed by atoms with Gasteiger partial charge in [0.1, 0.15) is 0 Å². The Kier molecular flexibility index (Phi) is 2.82. The van der Waals surface area contributed by atoms with Gasteiger partial charge in [-0.15, -0.1) is 5.75 Å². The fraction of sp³-hybridized carbons (Fsp3) is 0.174. The van der Waals surface area contributed by atoms with Crippen LogP contribution in [0.25, 0.3) is 0 Å². The Morgan fingerprint density at radius 2 is 1.70 bits per heavy atom. The highest BCUT2D eigenvalue weighted by atomic mass is 16.3. The molecular formula is C23H17NO3. The average molecular weight is 355 g/mol. The summed E-state index contributed by atoms with van der Waals surface area (Å²) < 4.78 is 13.3. The van der Waals surface area contributed by atoms with Gasteiger partial charge in [0.25, 0.3) is 0 Å². The highest BCUT2D eigenvalue weighted by Gasteiger charge is 2.60. The number of pyridine rings is 1. The molecule has 2 aliphatic heterocycles.